The van der Waals surface area contributed by atoms with Crippen molar-refractivity contribution in [2.75, 3.05) is 0 Å². The van der Waals surface area contributed by atoms with Crippen molar-refractivity contribution in [2.24, 2.45) is 0 Å². The van der Waals surface area contributed by atoms with Gasteiger partial charge in [0.25, 0.3) is 5.56 Å². The first-order chi connectivity index (χ1) is 9.65. The van der Waals surface area contributed by atoms with Crippen molar-refractivity contribution in [3.63, 3.8) is 0 Å². The van der Waals surface area contributed by atoms with Gasteiger partial charge in [-0.1, -0.05) is 18.2 Å². The molecule has 20 heavy (non-hydrogen) atoms. The largest absolute Gasteiger partial charge is 0.268 e. The third kappa shape index (κ3) is 2.34. The summed E-state index contributed by atoms with van der Waals surface area (Å²) in [5, 5.41) is 5.04. The van der Waals surface area contributed by atoms with Crippen LogP contribution in [0.15, 0.2) is 46.6 Å². The zero-order valence-electron chi connectivity index (χ0n) is 11.5. The van der Waals surface area contributed by atoms with E-state index in [1.807, 2.05) is 41.9 Å². The lowest BCUT2D eigenvalue weighted by atomic mass is 10.1. The van der Waals surface area contributed by atoms with Gasteiger partial charge in [0, 0.05) is 22.6 Å². The van der Waals surface area contributed by atoms with Crippen LogP contribution < -0.4 is 5.56 Å². The van der Waals surface area contributed by atoms with Gasteiger partial charge >= 0.3 is 0 Å². The maximum absolute atomic E-state index is 12.2. The Balaban J connectivity index is 2.01. The fraction of sp³-hybridized carbons (Fsp3) is 0.188. The molecule has 0 radical (unpaired) electrons. The summed E-state index contributed by atoms with van der Waals surface area (Å²) in [4.78, 5) is 13.4. The maximum Gasteiger partial charge on any atom is 0.268 e. The van der Waals surface area contributed by atoms with E-state index in [0.29, 0.717) is 6.42 Å². The Labute approximate surface area is 121 Å². The van der Waals surface area contributed by atoms with E-state index in [9.17, 15) is 4.79 Å². The van der Waals surface area contributed by atoms with E-state index < -0.39 is 0 Å². The molecule has 0 bridgehead atoms. The summed E-state index contributed by atoms with van der Waals surface area (Å²) in [7, 11) is 0. The van der Waals surface area contributed by atoms with E-state index >= 15 is 0 Å². The summed E-state index contributed by atoms with van der Waals surface area (Å²) in [6.45, 7) is 4.06. The molecule has 0 saturated heterocycles. The van der Waals surface area contributed by atoms with Crippen LogP contribution in [0.1, 0.15) is 21.7 Å². The predicted molar refractivity (Wildman–Crippen MR) is 83.0 cm³/mol. The number of nitrogens with zero attached hydrogens (tertiary/aromatic N) is 1. The molecule has 0 aliphatic heterocycles. The van der Waals surface area contributed by atoms with Crippen LogP contribution in [0, 0.1) is 13.8 Å². The molecule has 3 aromatic rings. The summed E-state index contributed by atoms with van der Waals surface area (Å²) in [6, 6.07) is 12.0. The van der Waals surface area contributed by atoms with Crippen molar-refractivity contribution < 1.29 is 0 Å². The van der Waals surface area contributed by atoms with Gasteiger partial charge in [0.15, 0.2) is 0 Å². The lowest BCUT2D eigenvalue weighted by Crippen LogP contribution is -2.07. The van der Waals surface area contributed by atoms with Gasteiger partial charge in [-0.2, -0.15) is 0 Å². The third-order valence-corrected chi connectivity index (χ3v) is 4.46. The highest BCUT2D eigenvalue weighted by atomic mass is 32.1. The van der Waals surface area contributed by atoms with E-state index in [1.165, 1.54) is 10.4 Å². The number of para-hydroxylation sites is 1. The lowest BCUT2D eigenvalue weighted by Gasteiger charge is -2.05. The van der Waals surface area contributed by atoms with Crippen molar-refractivity contribution in [1.82, 2.24) is 9.78 Å². The number of benzene rings is 1. The highest BCUT2D eigenvalue weighted by molar-refractivity contribution is 7.10. The Hall–Kier alpha value is -2.07. The van der Waals surface area contributed by atoms with Crippen molar-refractivity contribution >= 4 is 11.3 Å². The molecule has 0 unspecified atom stereocenters. The summed E-state index contributed by atoms with van der Waals surface area (Å²) >= 11 is 1.70. The van der Waals surface area contributed by atoms with Crippen molar-refractivity contribution in [3.05, 3.63) is 73.8 Å². The molecule has 0 fully saturated rings. The fourth-order valence-corrected chi connectivity index (χ4v) is 3.24. The second-order valence-electron chi connectivity index (χ2n) is 4.94. The van der Waals surface area contributed by atoms with Crippen LogP contribution in [0.3, 0.4) is 0 Å². The van der Waals surface area contributed by atoms with Crippen molar-refractivity contribution in [3.8, 4) is 5.69 Å². The first kappa shape index (κ1) is 12.9. The third-order valence-electron chi connectivity index (χ3n) is 3.41. The Bertz CT molecular complexity index is 780. The van der Waals surface area contributed by atoms with Crippen LogP contribution in [-0.4, -0.2) is 9.78 Å². The van der Waals surface area contributed by atoms with Crippen LogP contribution in [0.5, 0.6) is 0 Å². The molecule has 0 saturated carbocycles. The van der Waals surface area contributed by atoms with Gasteiger partial charge in [-0.15, -0.1) is 11.3 Å². The number of hydrogen-bond acceptors (Lipinski definition) is 2. The smallest absolute Gasteiger partial charge is 0.268 e. The second-order valence-corrected chi connectivity index (χ2v) is 5.94. The second kappa shape index (κ2) is 5.13. The summed E-state index contributed by atoms with van der Waals surface area (Å²) in [6.07, 6.45) is 0.694. The number of aromatic nitrogens is 2. The average Bonchev–Trinajstić information content (AvgIpc) is 2.98. The molecule has 3 nitrogen and oxygen atoms in total. The molecule has 2 aromatic heterocycles. The highest BCUT2D eigenvalue weighted by Crippen LogP contribution is 2.19. The predicted octanol–water partition coefficient (Wildman–Crippen LogP) is 3.43. The Morgan fingerprint density at radius 3 is 2.60 bits per heavy atom. The van der Waals surface area contributed by atoms with Gasteiger partial charge in [-0.25, -0.2) is 0 Å². The number of rotatable bonds is 3. The van der Waals surface area contributed by atoms with Gasteiger partial charge in [0.1, 0.15) is 0 Å². The molecular weight excluding hydrogens is 268 g/mol. The molecule has 0 aliphatic carbocycles. The van der Waals surface area contributed by atoms with E-state index in [2.05, 4.69) is 23.5 Å². The maximum atomic E-state index is 12.2. The molecule has 1 aromatic carbocycles. The minimum Gasteiger partial charge on any atom is -0.268 e. The molecule has 3 rings (SSSR count). The van der Waals surface area contributed by atoms with E-state index in [0.717, 1.165) is 16.9 Å². The lowest BCUT2D eigenvalue weighted by molar-refractivity contribution is 0.833. The quantitative estimate of drug-likeness (QED) is 0.786. The summed E-state index contributed by atoms with van der Waals surface area (Å²) in [5.41, 5.74) is 4.05. The molecule has 0 aliphatic rings. The van der Waals surface area contributed by atoms with Crippen LogP contribution in [0.4, 0.5) is 0 Å². The number of hydrogen-bond donors (Lipinski definition) is 1. The number of nitrogens with one attached hydrogen (secondary N) is 1. The topological polar surface area (TPSA) is 37.8 Å². The highest BCUT2D eigenvalue weighted by Gasteiger charge is 2.13. The molecular formula is C16H16N2OS. The van der Waals surface area contributed by atoms with Gasteiger partial charge in [-0.3, -0.25) is 14.6 Å². The number of H-pyrrole nitrogens is 1. The molecule has 0 amide bonds. The zero-order chi connectivity index (χ0) is 14.1. The number of aromatic amines is 1. The van der Waals surface area contributed by atoms with Gasteiger partial charge in [0.2, 0.25) is 0 Å². The SMILES string of the molecule is Cc1csc(Cc2c(C)n(-c3ccccc3)[nH]c2=O)c1. The Kier molecular flexibility index (Phi) is 3.32. The van der Waals surface area contributed by atoms with Crippen LogP contribution in [-0.2, 0) is 6.42 Å². The molecule has 102 valence electrons. The number of thiophene rings is 1. The van der Waals surface area contributed by atoms with Gasteiger partial charge in [0.05, 0.1) is 5.69 Å². The molecule has 0 atom stereocenters. The van der Waals surface area contributed by atoms with E-state index in [-0.39, 0.29) is 5.56 Å². The summed E-state index contributed by atoms with van der Waals surface area (Å²) in [5.74, 6) is 0. The summed E-state index contributed by atoms with van der Waals surface area (Å²) < 4.78 is 1.86. The fourth-order valence-electron chi connectivity index (χ4n) is 2.35. The Morgan fingerprint density at radius 2 is 1.95 bits per heavy atom. The van der Waals surface area contributed by atoms with E-state index in [4.69, 9.17) is 0 Å². The minimum absolute atomic E-state index is 0.00240. The first-order valence-corrected chi connectivity index (χ1v) is 7.43. The van der Waals surface area contributed by atoms with Gasteiger partial charge < -0.3 is 0 Å². The first-order valence-electron chi connectivity index (χ1n) is 6.55. The Morgan fingerprint density at radius 1 is 1.20 bits per heavy atom. The minimum atomic E-state index is -0.00240. The van der Waals surface area contributed by atoms with Crippen molar-refractivity contribution in [1.29, 1.82) is 0 Å². The number of aryl methyl sites for hydroxylation is 1. The van der Waals surface area contributed by atoms with Crippen LogP contribution in [0.2, 0.25) is 0 Å². The standard InChI is InChI=1S/C16H16N2OS/c1-11-8-14(20-10-11)9-15-12(2)18(17-16(15)19)13-6-4-3-5-7-13/h3-8,10H,9H2,1-2H3,(H,17,19). The molecule has 0 spiro atoms. The van der Waals surface area contributed by atoms with Crippen LogP contribution >= 0.6 is 11.3 Å². The van der Waals surface area contributed by atoms with E-state index in [1.54, 1.807) is 11.3 Å². The van der Waals surface area contributed by atoms with Crippen LogP contribution in [0.25, 0.3) is 5.69 Å². The zero-order valence-corrected chi connectivity index (χ0v) is 12.3. The monoisotopic (exact) mass is 284 g/mol. The molecule has 2 heterocycles. The van der Waals surface area contributed by atoms with Gasteiger partial charge in [-0.05, 0) is 43.0 Å². The average molecular weight is 284 g/mol. The normalized spacial score (nSPS) is 10.9. The molecule has 1 N–H and O–H groups in total. The molecule has 4 heteroatoms. The van der Waals surface area contributed by atoms with Crippen molar-refractivity contribution in [2.45, 2.75) is 20.3 Å².